The molecule has 1 saturated carbocycles. The molecule has 2 aromatic carbocycles. The van der Waals surface area contributed by atoms with E-state index in [1.807, 2.05) is 0 Å². The number of benzene rings is 2. The zero-order valence-corrected chi connectivity index (χ0v) is 22.5. The molecule has 37 heavy (non-hydrogen) atoms. The first-order chi connectivity index (χ1) is 17.4. The van der Waals surface area contributed by atoms with Crippen molar-refractivity contribution < 1.29 is 29.0 Å². The van der Waals surface area contributed by atoms with Crippen molar-refractivity contribution in [2.24, 2.45) is 5.92 Å². The van der Waals surface area contributed by atoms with Crippen LogP contribution < -0.4 is 4.90 Å². The standard InChI is InChI=1S/C28H31Cl2NO6/c1-28(2,16-18-6-4-3-5-7-18)37-27(36)24(32)15-25(33)31(17-19-8-13-22(29)23(30)14-19)21-11-9-20(10-12-21)26(34)35/h8-14,18H,3-7,15-17H2,1-2H3,(H,34,35). The smallest absolute Gasteiger partial charge is 0.375 e. The molecule has 0 bridgehead atoms. The van der Waals surface area contributed by atoms with Crippen LogP contribution in [0.2, 0.25) is 10.0 Å². The average molecular weight is 548 g/mol. The summed E-state index contributed by atoms with van der Waals surface area (Å²) in [5.74, 6) is -3.28. The summed E-state index contributed by atoms with van der Waals surface area (Å²) in [6.07, 6.45) is 5.67. The number of Topliss-reactive ketones (excluding diaryl/α,β-unsaturated/α-hetero) is 1. The van der Waals surface area contributed by atoms with Crippen molar-refractivity contribution in [3.8, 4) is 0 Å². The van der Waals surface area contributed by atoms with Gasteiger partial charge in [-0.05, 0) is 68.1 Å². The number of carboxylic acids is 1. The van der Waals surface area contributed by atoms with Crippen molar-refractivity contribution in [3.63, 3.8) is 0 Å². The molecule has 1 fully saturated rings. The summed E-state index contributed by atoms with van der Waals surface area (Å²) in [4.78, 5) is 51.1. The van der Waals surface area contributed by atoms with Crippen LogP contribution in [-0.4, -0.2) is 34.3 Å². The molecule has 0 aliphatic heterocycles. The number of amides is 1. The van der Waals surface area contributed by atoms with Crippen molar-refractivity contribution in [3.05, 3.63) is 63.6 Å². The van der Waals surface area contributed by atoms with Crippen LogP contribution in [0.15, 0.2) is 42.5 Å². The normalized spacial score (nSPS) is 14.2. The van der Waals surface area contributed by atoms with Gasteiger partial charge in [0.25, 0.3) is 0 Å². The predicted octanol–water partition coefficient (Wildman–Crippen LogP) is 6.48. The van der Waals surface area contributed by atoms with Gasteiger partial charge in [0.15, 0.2) is 0 Å². The maximum Gasteiger partial charge on any atom is 0.375 e. The fourth-order valence-corrected chi connectivity index (χ4v) is 4.99. The molecular formula is C28H31Cl2NO6. The lowest BCUT2D eigenvalue weighted by atomic mass is 9.82. The Bertz CT molecular complexity index is 1160. The molecule has 0 atom stereocenters. The maximum atomic E-state index is 13.2. The van der Waals surface area contributed by atoms with Gasteiger partial charge in [0.1, 0.15) is 5.60 Å². The van der Waals surface area contributed by atoms with Crippen molar-refractivity contribution in [1.29, 1.82) is 0 Å². The molecule has 1 aliphatic carbocycles. The third kappa shape index (κ3) is 8.30. The minimum atomic E-state index is -1.11. The van der Waals surface area contributed by atoms with Gasteiger partial charge in [-0.25, -0.2) is 9.59 Å². The summed E-state index contributed by atoms with van der Waals surface area (Å²) < 4.78 is 5.52. The van der Waals surface area contributed by atoms with E-state index in [0.29, 0.717) is 33.6 Å². The van der Waals surface area contributed by atoms with E-state index in [1.54, 1.807) is 32.0 Å². The van der Waals surface area contributed by atoms with Gasteiger partial charge in [-0.2, -0.15) is 0 Å². The van der Waals surface area contributed by atoms with Crippen LogP contribution >= 0.6 is 23.2 Å². The molecule has 9 heteroatoms. The SMILES string of the molecule is CC(C)(CC1CCCCC1)OC(=O)C(=O)CC(=O)N(Cc1ccc(Cl)c(Cl)c1)c1ccc(C(=O)O)cc1. The van der Waals surface area contributed by atoms with Crippen LogP contribution in [-0.2, 0) is 25.7 Å². The summed E-state index contributed by atoms with van der Waals surface area (Å²) >= 11 is 12.1. The Morgan fingerprint density at radius 2 is 1.62 bits per heavy atom. The number of rotatable bonds is 10. The third-order valence-electron chi connectivity index (χ3n) is 6.47. The quantitative estimate of drug-likeness (QED) is 0.207. The Labute approximate surface area is 226 Å². The summed E-state index contributed by atoms with van der Waals surface area (Å²) in [5.41, 5.74) is 0.226. The first kappa shape index (κ1) is 28.7. The lowest BCUT2D eigenvalue weighted by Gasteiger charge is -2.31. The highest BCUT2D eigenvalue weighted by molar-refractivity contribution is 6.42. The molecule has 198 valence electrons. The lowest BCUT2D eigenvalue weighted by molar-refractivity contribution is -0.165. The number of nitrogens with zero attached hydrogens (tertiary/aromatic N) is 1. The van der Waals surface area contributed by atoms with E-state index in [1.165, 1.54) is 35.6 Å². The summed E-state index contributed by atoms with van der Waals surface area (Å²) in [7, 11) is 0. The Hall–Kier alpha value is -2.90. The van der Waals surface area contributed by atoms with Gasteiger partial charge in [0.05, 0.1) is 28.6 Å². The largest absolute Gasteiger partial charge is 0.478 e. The number of aromatic carboxylic acids is 1. The third-order valence-corrected chi connectivity index (χ3v) is 7.20. The number of carboxylic acid groups (broad SMARTS) is 1. The van der Waals surface area contributed by atoms with Crippen LogP contribution in [0.1, 0.15) is 74.7 Å². The zero-order valence-electron chi connectivity index (χ0n) is 21.0. The molecule has 0 radical (unpaired) electrons. The second-order valence-electron chi connectivity index (χ2n) is 10.0. The predicted molar refractivity (Wildman–Crippen MR) is 142 cm³/mol. The Balaban J connectivity index is 1.73. The van der Waals surface area contributed by atoms with Crippen LogP contribution in [0.25, 0.3) is 0 Å². The van der Waals surface area contributed by atoms with Crippen molar-refractivity contribution in [2.75, 3.05) is 4.90 Å². The molecule has 0 heterocycles. The molecular weight excluding hydrogens is 517 g/mol. The number of hydrogen-bond donors (Lipinski definition) is 1. The van der Waals surface area contributed by atoms with E-state index in [2.05, 4.69) is 0 Å². The van der Waals surface area contributed by atoms with Crippen molar-refractivity contribution in [1.82, 2.24) is 0 Å². The van der Waals surface area contributed by atoms with Crippen molar-refractivity contribution in [2.45, 2.75) is 70.9 Å². The van der Waals surface area contributed by atoms with Gasteiger partial charge in [-0.1, -0.05) is 61.4 Å². The number of ketones is 1. The molecule has 0 saturated heterocycles. The van der Waals surface area contributed by atoms with E-state index >= 15 is 0 Å². The van der Waals surface area contributed by atoms with Gasteiger partial charge >= 0.3 is 11.9 Å². The number of carbonyl (C=O) groups is 4. The summed E-state index contributed by atoms with van der Waals surface area (Å²) in [6, 6.07) is 10.5. The van der Waals surface area contributed by atoms with Crippen LogP contribution in [0.5, 0.6) is 0 Å². The highest BCUT2D eigenvalue weighted by atomic mass is 35.5. The van der Waals surface area contributed by atoms with Gasteiger partial charge in [-0.15, -0.1) is 0 Å². The Kier molecular flexibility index (Phi) is 9.74. The second kappa shape index (κ2) is 12.6. The molecule has 7 nitrogen and oxygen atoms in total. The van der Waals surface area contributed by atoms with Gasteiger partial charge in [0, 0.05) is 5.69 Å². The van der Waals surface area contributed by atoms with E-state index in [0.717, 1.165) is 25.7 Å². The van der Waals surface area contributed by atoms with E-state index < -0.39 is 35.7 Å². The number of hydrogen-bond acceptors (Lipinski definition) is 5. The first-order valence-electron chi connectivity index (χ1n) is 12.3. The molecule has 3 rings (SSSR count). The lowest BCUT2D eigenvalue weighted by Crippen LogP contribution is -2.37. The van der Waals surface area contributed by atoms with Crippen LogP contribution in [0, 0.1) is 5.92 Å². The Morgan fingerprint density at radius 1 is 0.973 bits per heavy atom. The molecule has 0 aromatic heterocycles. The molecule has 2 aromatic rings. The summed E-state index contributed by atoms with van der Waals surface area (Å²) in [5, 5.41) is 9.84. The first-order valence-corrected chi connectivity index (χ1v) is 13.0. The number of carbonyl (C=O) groups excluding carboxylic acids is 3. The number of halogens is 2. The average Bonchev–Trinajstić information content (AvgIpc) is 2.84. The van der Waals surface area contributed by atoms with E-state index in [9.17, 15) is 24.3 Å². The second-order valence-corrected chi connectivity index (χ2v) is 10.9. The van der Waals surface area contributed by atoms with Crippen LogP contribution in [0.4, 0.5) is 5.69 Å². The number of esters is 1. The van der Waals surface area contributed by atoms with Gasteiger partial charge < -0.3 is 14.7 Å². The molecule has 0 unspecified atom stereocenters. The van der Waals surface area contributed by atoms with Gasteiger partial charge in [0.2, 0.25) is 11.7 Å². The number of anilines is 1. The topological polar surface area (TPSA) is 101 Å². The maximum absolute atomic E-state index is 13.2. The monoisotopic (exact) mass is 547 g/mol. The van der Waals surface area contributed by atoms with E-state index in [-0.39, 0.29) is 12.1 Å². The summed E-state index contributed by atoms with van der Waals surface area (Å²) in [6.45, 7) is 3.60. The minimum Gasteiger partial charge on any atom is -0.478 e. The Morgan fingerprint density at radius 3 is 2.22 bits per heavy atom. The molecule has 1 amide bonds. The highest BCUT2D eigenvalue weighted by Gasteiger charge is 2.32. The highest BCUT2D eigenvalue weighted by Crippen LogP contribution is 2.32. The molecule has 0 spiro atoms. The fraction of sp³-hybridized carbons (Fsp3) is 0.429. The van der Waals surface area contributed by atoms with Gasteiger partial charge in [-0.3, -0.25) is 9.59 Å². The van der Waals surface area contributed by atoms with E-state index in [4.69, 9.17) is 27.9 Å². The minimum absolute atomic E-state index is 0.0254. The number of ether oxygens (including phenoxy) is 1. The molecule has 1 aliphatic rings. The zero-order chi connectivity index (χ0) is 27.2. The fourth-order valence-electron chi connectivity index (χ4n) is 4.67. The van der Waals surface area contributed by atoms with Crippen LogP contribution in [0.3, 0.4) is 0 Å². The van der Waals surface area contributed by atoms with Crippen molar-refractivity contribution >= 4 is 52.5 Å². The molecule has 1 N–H and O–H groups in total.